The Morgan fingerprint density at radius 1 is 1.00 bits per heavy atom. The molecule has 0 heterocycles. The molecular formula is C22H26F3N3O2. The summed E-state index contributed by atoms with van der Waals surface area (Å²) < 4.78 is 39.5. The third-order valence-electron chi connectivity index (χ3n) is 4.54. The summed E-state index contributed by atoms with van der Waals surface area (Å²) in [6.07, 6.45) is 0. The zero-order chi connectivity index (χ0) is 22.5. The van der Waals surface area contributed by atoms with E-state index in [0.717, 1.165) is 12.1 Å². The van der Waals surface area contributed by atoms with Gasteiger partial charge in [0.2, 0.25) is 11.8 Å². The number of halogens is 3. The molecule has 0 bridgehead atoms. The first-order valence-corrected chi connectivity index (χ1v) is 9.51. The first-order valence-electron chi connectivity index (χ1n) is 9.51. The Hall–Kier alpha value is -2.87. The van der Waals surface area contributed by atoms with Crippen molar-refractivity contribution in [3.05, 3.63) is 65.5 Å². The van der Waals surface area contributed by atoms with E-state index in [9.17, 15) is 22.8 Å². The van der Waals surface area contributed by atoms with Crippen molar-refractivity contribution in [3.8, 4) is 0 Å². The lowest BCUT2D eigenvalue weighted by molar-refractivity contribution is -0.138. The summed E-state index contributed by atoms with van der Waals surface area (Å²) in [6, 6.07) is 8.47. The van der Waals surface area contributed by atoms with Crippen LogP contribution >= 0.6 is 0 Å². The normalized spacial score (nSPS) is 12.4. The predicted octanol–water partition coefficient (Wildman–Crippen LogP) is 4.02. The number of hydrogen-bond acceptors (Lipinski definition) is 3. The van der Waals surface area contributed by atoms with Crippen molar-refractivity contribution >= 4 is 17.5 Å². The molecule has 0 aliphatic carbocycles. The Kier molecular flexibility index (Phi) is 7.61. The van der Waals surface area contributed by atoms with Gasteiger partial charge in [-0.25, -0.2) is 13.2 Å². The van der Waals surface area contributed by atoms with Gasteiger partial charge in [0, 0.05) is 17.3 Å². The van der Waals surface area contributed by atoms with Gasteiger partial charge >= 0.3 is 0 Å². The highest BCUT2D eigenvalue weighted by Gasteiger charge is 2.28. The highest BCUT2D eigenvalue weighted by molar-refractivity contribution is 5.95. The fourth-order valence-electron chi connectivity index (χ4n) is 2.81. The van der Waals surface area contributed by atoms with Crippen LogP contribution in [0.3, 0.4) is 0 Å². The number of rotatable bonds is 7. The molecule has 8 heteroatoms. The summed E-state index contributed by atoms with van der Waals surface area (Å²) in [5, 5.41) is 5.61. The molecule has 0 aromatic heterocycles. The van der Waals surface area contributed by atoms with Gasteiger partial charge in [-0.15, -0.1) is 0 Å². The van der Waals surface area contributed by atoms with Gasteiger partial charge in [-0.2, -0.15) is 0 Å². The van der Waals surface area contributed by atoms with Crippen molar-refractivity contribution in [2.24, 2.45) is 0 Å². The van der Waals surface area contributed by atoms with E-state index < -0.39 is 34.9 Å². The molecule has 0 unspecified atom stereocenters. The van der Waals surface area contributed by atoms with Gasteiger partial charge in [0.25, 0.3) is 0 Å². The number of anilines is 1. The second-order valence-corrected chi connectivity index (χ2v) is 7.98. The van der Waals surface area contributed by atoms with Crippen LogP contribution in [0.25, 0.3) is 0 Å². The third-order valence-corrected chi connectivity index (χ3v) is 4.54. The second-order valence-electron chi connectivity index (χ2n) is 7.98. The number of nitrogens with one attached hydrogen (secondary N) is 2. The van der Waals surface area contributed by atoms with Crippen molar-refractivity contribution in [1.82, 2.24) is 10.2 Å². The molecule has 2 rings (SSSR count). The van der Waals surface area contributed by atoms with E-state index in [1.807, 2.05) is 0 Å². The minimum absolute atomic E-state index is 0.0960. The van der Waals surface area contributed by atoms with Crippen molar-refractivity contribution in [1.29, 1.82) is 0 Å². The molecule has 2 amide bonds. The summed E-state index contributed by atoms with van der Waals surface area (Å²) in [5.74, 6) is -3.06. The zero-order valence-electron chi connectivity index (χ0n) is 17.4. The van der Waals surface area contributed by atoms with E-state index >= 15 is 0 Å². The van der Waals surface area contributed by atoms with Gasteiger partial charge in [0.15, 0.2) is 11.6 Å². The average molecular weight is 421 g/mol. The minimum atomic E-state index is -0.957. The Morgan fingerprint density at radius 2 is 1.63 bits per heavy atom. The molecule has 0 aliphatic rings. The number of nitrogens with zero attached hydrogens (tertiary/aromatic N) is 1. The largest absolute Gasteiger partial charge is 0.327 e. The summed E-state index contributed by atoms with van der Waals surface area (Å²) >= 11 is 0. The lowest BCUT2D eigenvalue weighted by atomic mass is 10.1. The summed E-state index contributed by atoms with van der Waals surface area (Å²) in [4.78, 5) is 26.6. The Labute approximate surface area is 174 Å². The monoisotopic (exact) mass is 421 g/mol. The smallest absolute Gasteiger partial charge is 0.244 e. The zero-order valence-corrected chi connectivity index (χ0v) is 17.4. The lowest BCUT2D eigenvalue weighted by Gasteiger charge is -2.35. The first-order chi connectivity index (χ1) is 14.0. The van der Waals surface area contributed by atoms with Crippen molar-refractivity contribution in [3.63, 3.8) is 0 Å². The molecular weight excluding hydrogens is 395 g/mol. The molecule has 162 valence electrons. The topological polar surface area (TPSA) is 61.4 Å². The highest BCUT2D eigenvalue weighted by Crippen LogP contribution is 2.17. The van der Waals surface area contributed by atoms with Gasteiger partial charge in [-0.05, 0) is 69.7 Å². The number of carbonyl (C=O) groups excluding carboxylic acids is 2. The van der Waals surface area contributed by atoms with Crippen LogP contribution in [0.15, 0.2) is 42.5 Å². The van der Waals surface area contributed by atoms with E-state index in [-0.39, 0.29) is 19.0 Å². The Morgan fingerprint density at radius 3 is 2.20 bits per heavy atom. The highest BCUT2D eigenvalue weighted by atomic mass is 19.2. The molecule has 5 nitrogen and oxygen atoms in total. The van der Waals surface area contributed by atoms with Gasteiger partial charge in [0.1, 0.15) is 12.4 Å². The van der Waals surface area contributed by atoms with E-state index in [4.69, 9.17) is 0 Å². The molecule has 0 aliphatic heterocycles. The predicted molar refractivity (Wildman–Crippen MR) is 109 cm³/mol. The van der Waals surface area contributed by atoms with Gasteiger partial charge < -0.3 is 15.5 Å². The van der Waals surface area contributed by atoms with Gasteiger partial charge in [0.05, 0.1) is 6.54 Å². The van der Waals surface area contributed by atoms with Gasteiger partial charge in [-0.1, -0.05) is 6.07 Å². The summed E-state index contributed by atoms with van der Waals surface area (Å²) in [7, 11) is 0. The van der Waals surface area contributed by atoms with Crippen LogP contribution in [0.5, 0.6) is 0 Å². The van der Waals surface area contributed by atoms with Crippen molar-refractivity contribution < 1.29 is 22.8 Å². The SMILES string of the molecule is C[C@@H](NCC(=O)N(CC(=O)Nc1ccc(F)cc1)C(C)(C)C)c1ccc(F)c(F)c1. The standard InChI is InChI=1S/C22H26F3N3O2/c1-14(15-5-10-18(24)19(25)11-15)26-12-21(30)28(22(2,3)4)13-20(29)27-17-8-6-16(23)7-9-17/h5-11,14,26H,12-13H2,1-4H3,(H,27,29)/t14-/m1/s1. The number of carbonyl (C=O) groups is 2. The molecule has 2 aromatic carbocycles. The fraction of sp³-hybridized carbons (Fsp3) is 0.364. The quantitative estimate of drug-likeness (QED) is 0.710. The van der Waals surface area contributed by atoms with Crippen LogP contribution in [0.4, 0.5) is 18.9 Å². The molecule has 0 spiro atoms. The van der Waals surface area contributed by atoms with Crippen LogP contribution in [0.1, 0.15) is 39.3 Å². The summed E-state index contributed by atoms with van der Waals surface area (Å²) in [6.45, 7) is 6.84. The Bertz CT molecular complexity index is 895. The van der Waals surface area contributed by atoms with Crippen molar-refractivity contribution in [2.75, 3.05) is 18.4 Å². The molecule has 0 fully saturated rings. The first kappa shape index (κ1) is 23.4. The van der Waals surface area contributed by atoms with E-state index in [2.05, 4.69) is 10.6 Å². The Balaban J connectivity index is 1.99. The molecule has 0 radical (unpaired) electrons. The third kappa shape index (κ3) is 6.59. The van der Waals surface area contributed by atoms with Gasteiger partial charge in [-0.3, -0.25) is 9.59 Å². The summed E-state index contributed by atoms with van der Waals surface area (Å²) in [5.41, 5.74) is 0.287. The van der Waals surface area contributed by atoms with E-state index in [1.165, 1.54) is 35.2 Å². The van der Waals surface area contributed by atoms with Crippen LogP contribution in [0, 0.1) is 17.5 Å². The number of hydrogen-bond donors (Lipinski definition) is 2. The molecule has 30 heavy (non-hydrogen) atoms. The molecule has 2 aromatic rings. The van der Waals surface area contributed by atoms with E-state index in [1.54, 1.807) is 27.7 Å². The van der Waals surface area contributed by atoms with Crippen LogP contribution in [0.2, 0.25) is 0 Å². The van der Waals surface area contributed by atoms with Crippen LogP contribution < -0.4 is 10.6 Å². The maximum Gasteiger partial charge on any atom is 0.244 e. The maximum atomic E-state index is 13.4. The lowest BCUT2D eigenvalue weighted by Crippen LogP contribution is -2.52. The second kappa shape index (κ2) is 9.75. The number of amides is 2. The van der Waals surface area contributed by atoms with Crippen LogP contribution in [-0.2, 0) is 9.59 Å². The maximum absolute atomic E-state index is 13.4. The molecule has 2 N–H and O–H groups in total. The number of benzene rings is 2. The van der Waals surface area contributed by atoms with Crippen molar-refractivity contribution in [2.45, 2.75) is 39.3 Å². The fourth-order valence-corrected chi connectivity index (χ4v) is 2.81. The molecule has 0 saturated carbocycles. The molecule has 1 atom stereocenters. The van der Waals surface area contributed by atoms with Crippen LogP contribution in [-0.4, -0.2) is 35.3 Å². The average Bonchev–Trinajstić information content (AvgIpc) is 2.67. The van der Waals surface area contributed by atoms with E-state index in [0.29, 0.717) is 11.3 Å². The minimum Gasteiger partial charge on any atom is -0.327 e. The molecule has 0 saturated heterocycles.